The molecule has 0 fully saturated rings. The summed E-state index contributed by atoms with van der Waals surface area (Å²) >= 11 is 0. The van der Waals surface area contributed by atoms with Gasteiger partial charge in [-0.1, -0.05) is 49.4 Å². The summed E-state index contributed by atoms with van der Waals surface area (Å²) in [6, 6.07) is 10.2. The average Bonchev–Trinajstić information content (AvgIpc) is 2.62. The van der Waals surface area contributed by atoms with Crippen molar-refractivity contribution in [2.45, 2.75) is 46.6 Å². The molecule has 0 saturated heterocycles. The number of amides is 1. The van der Waals surface area contributed by atoms with Crippen LogP contribution in [0.3, 0.4) is 0 Å². The Morgan fingerprint density at radius 3 is 2.68 bits per heavy atom. The Morgan fingerprint density at radius 1 is 1.24 bits per heavy atom. The summed E-state index contributed by atoms with van der Waals surface area (Å²) in [7, 11) is 0. The Balaban J connectivity index is 2.09. The molecule has 4 heteroatoms. The minimum atomic E-state index is -0.211. The number of carbonyl (C=O) groups excluding carboxylic acids is 1. The van der Waals surface area contributed by atoms with Crippen LogP contribution in [0.25, 0.3) is 0 Å². The molecule has 25 heavy (non-hydrogen) atoms. The van der Waals surface area contributed by atoms with E-state index in [1.807, 2.05) is 32.0 Å². The first-order chi connectivity index (χ1) is 12.2. The fourth-order valence-corrected chi connectivity index (χ4v) is 2.44. The number of nitrogens with zero attached hydrogens (tertiary/aromatic N) is 1. The second kappa shape index (κ2) is 13.5. The van der Waals surface area contributed by atoms with E-state index in [4.69, 9.17) is 9.47 Å². The smallest absolute Gasteiger partial charge is 0.409 e. The number of allylic oxidation sites excluding steroid dienone is 2. The molecule has 0 radical (unpaired) electrons. The number of carbonyl (C=O) groups is 1. The fourth-order valence-electron chi connectivity index (χ4n) is 2.44. The van der Waals surface area contributed by atoms with Crippen molar-refractivity contribution in [3.63, 3.8) is 0 Å². The summed E-state index contributed by atoms with van der Waals surface area (Å²) < 4.78 is 10.7. The van der Waals surface area contributed by atoms with Crippen LogP contribution in [0.5, 0.6) is 0 Å². The van der Waals surface area contributed by atoms with Crippen molar-refractivity contribution in [1.82, 2.24) is 4.90 Å². The zero-order chi connectivity index (χ0) is 18.3. The lowest BCUT2D eigenvalue weighted by atomic mass is 10.1. The Bertz CT molecular complexity index is 487. The van der Waals surface area contributed by atoms with Crippen LogP contribution in [0.15, 0.2) is 42.5 Å². The van der Waals surface area contributed by atoms with Crippen LogP contribution in [0, 0.1) is 5.92 Å². The van der Waals surface area contributed by atoms with Gasteiger partial charge >= 0.3 is 6.09 Å². The molecule has 0 aromatic heterocycles. The molecule has 0 aliphatic carbocycles. The van der Waals surface area contributed by atoms with E-state index in [0.29, 0.717) is 25.7 Å². The van der Waals surface area contributed by atoms with E-state index >= 15 is 0 Å². The normalized spacial score (nSPS) is 12.3. The lowest BCUT2D eigenvalue weighted by Gasteiger charge is -2.21. The first-order valence-corrected chi connectivity index (χ1v) is 9.37. The van der Waals surface area contributed by atoms with Crippen LogP contribution in [0.1, 0.15) is 45.6 Å². The van der Waals surface area contributed by atoms with Gasteiger partial charge in [0.05, 0.1) is 13.2 Å². The SMILES string of the molecule is CCOC(=O)N(CC)CCC(C)/C=C\CCCOCc1ccccc1. The van der Waals surface area contributed by atoms with E-state index in [2.05, 4.69) is 31.2 Å². The fraction of sp³-hybridized carbons (Fsp3) is 0.571. The van der Waals surface area contributed by atoms with Gasteiger partial charge < -0.3 is 14.4 Å². The van der Waals surface area contributed by atoms with Crippen LogP contribution in [0.4, 0.5) is 4.79 Å². The predicted molar refractivity (Wildman–Crippen MR) is 103 cm³/mol. The third kappa shape index (κ3) is 9.92. The zero-order valence-electron chi connectivity index (χ0n) is 15.9. The highest BCUT2D eigenvalue weighted by Gasteiger charge is 2.12. The van der Waals surface area contributed by atoms with Crippen molar-refractivity contribution in [2.24, 2.45) is 5.92 Å². The van der Waals surface area contributed by atoms with Gasteiger partial charge in [0, 0.05) is 19.7 Å². The summed E-state index contributed by atoms with van der Waals surface area (Å²) in [5.41, 5.74) is 1.22. The Hall–Kier alpha value is -1.81. The van der Waals surface area contributed by atoms with Gasteiger partial charge in [-0.05, 0) is 44.6 Å². The van der Waals surface area contributed by atoms with Crippen molar-refractivity contribution in [3.05, 3.63) is 48.0 Å². The van der Waals surface area contributed by atoms with E-state index in [1.54, 1.807) is 4.90 Å². The molecule has 1 aromatic carbocycles. The first-order valence-electron chi connectivity index (χ1n) is 9.37. The van der Waals surface area contributed by atoms with Crippen LogP contribution in [-0.2, 0) is 16.1 Å². The van der Waals surface area contributed by atoms with Gasteiger partial charge in [-0.15, -0.1) is 0 Å². The molecule has 0 spiro atoms. The zero-order valence-corrected chi connectivity index (χ0v) is 15.9. The van der Waals surface area contributed by atoms with E-state index in [-0.39, 0.29) is 6.09 Å². The lowest BCUT2D eigenvalue weighted by molar-refractivity contribution is 0.108. The average molecular weight is 347 g/mol. The molecule has 1 atom stereocenters. The van der Waals surface area contributed by atoms with Crippen molar-refractivity contribution in [1.29, 1.82) is 0 Å². The van der Waals surface area contributed by atoms with Crippen molar-refractivity contribution in [2.75, 3.05) is 26.3 Å². The van der Waals surface area contributed by atoms with E-state index in [9.17, 15) is 4.79 Å². The second-order valence-electron chi connectivity index (χ2n) is 6.15. The molecule has 1 amide bonds. The third-order valence-corrected chi connectivity index (χ3v) is 4.00. The summed E-state index contributed by atoms with van der Waals surface area (Å²) in [4.78, 5) is 13.5. The number of hydrogen-bond donors (Lipinski definition) is 0. The van der Waals surface area contributed by atoms with Gasteiger partial charge in [0.25, 0.3) is 0 Å². The Kier molecular flexibility index (Phi) is 11.4. The molecular weight excluding hydrogens is 314 g/mol. The van der Waals surface area contributed by atoms with E-state index in [0.717, 1.165) is 32.4 Å². The maximum absolute atomic E-state index is 11.7. The van der Waals surface area contributed by atoms with E-state index < -0.39 is 0 Å². The maximum atomic E-state index is 11.7. The number of unbranched alkanes of at least 4 members (excludes halogenated alkanes) is 1. The molecule has 0 aliphatic heterocycles. The molecule has 140 valence electrons. The van der Waals surface area contributed by atoms with Crippen LogP contribution in [0.2, 0.25) is 0 Å². The molecule has 0 saturated carbocycles. The number of benzene rings is 1. The lowest BCUT2D eigenvalue weighted by Crippen LogP contribution is -2.32. The molecule has 1 unspecified atom stereocenters. The number of ether oxygens (including phenoxy) is 2. The monoisotopic (exact) mass is 347 g/mol. The van der Waals surface area contributed by atoms with Crippen molar-refractivity contribution < 1.29 is 14.3 Å². The number of hydrogen-bond acceptors (Lipinski definition) is 3. The summed E-state index contributed by atoms with van der Waals surface area (Å²) in [5, 5.41) is 0. The molecule has 0 N–H and O–H groups in total. The standard InChI is InChI=1S/C21H33NO3/c1-4-22(21(23)25-5-2)16-15-19(3)12-8-7-11-17-24-18-20-13-9-6-10-14-20/h6,8-10,12-14,19H,4-5,7,11,15-18H2,1-3H3/b12-8-. The molecule has 1 aromatic rings. The molecular formula is C21H33NO3. The quantitative estimate of drug-likeness (QED) is 0.392. The summed E-state index contributed by atoms with van der Waals surface area (Å²) in [6.07, 6.45) is 7.24. The molecule has 0 bridgehead atoms. The molecule has 0 aliphatic rings. The Morgan fingerprint density at radius 2 is 2.00 bits per heavy atom. The summed E-state index contributed by atoms with van der Waals surface area (Å²) in [6.45, 7) is 9.31. The molecule has 0 heterocycles. The van der Waals surface area contributed by atoms with Gasteiger partial charge in [0.1, 0.15) is 0 Å². The van der Waals surface area contributed by atoms with Gasteiger partial charge in [-0.2, -0.15) is 0 Å². The van der Waals surface area contributed by atoms with E-state index in [1.165, 1.54) is 5.56 Å². The van der Waals surface area contributed by atoms with Crippen molar-refractivity contribution in [3.8, 4) is 0 Å². The minimum absolute atomic E-state index is 0.211. The maximum Gasteiger partial charge on any atom is 0.409 e. The number of rotatable bonds is 12. The van der Waals surface area contributed by atoms with Crippen molar-refractivity contribution >= 4 is 6.09 Å². The second-order valence-corrected chi connectivity index (χ2v) is 6.15. The topological polar surface area (TPSA) is 38.8 Å². The summed E-state index contributed by atoms with van der Waals surface area (Å²) in [5.74, 6) is 0.453. The van der Waals surface area contributed by atoms with Gasteiger partial charge in [-0.25, -0.2) is 4.79 Å². The molecule has 1 rings (SSSR count). The first kappa shape index (κ1) is 21.2. The molecule has 4 nitrogen and oxygen atoms in total. The largest absolute Gasteiger partial charge is 0.450 e. The highest BCUT2D eigenvalue weighted by atomic mass is 16.6. The van der Waals surface area contributed by atoms with Crippen LogP contribution in [-0.4, -0.2) is 37.3 Å². The van der Waals surface area contributed by atoms with Gasteiger partial charge in [0.15, 0.2) is 0 Å². The van der Waals surface area contributed by atoms with Gasteiger partial charge in [-0.3, -0.25) is 0 Å². The Labute approximate surface area is 152 Å². The van der Waals surface area contributed by atoms with Crippen LogP contribution < -0.4 is 0 Å². The highest BCUT2D eigenvalue weighted by molar-refractivity contribution is 5.67. The predicted octanol–water partition coefficient (Wildman–Crippen LogP) is 5.04. The van der Waals surface area contributed by atoms with Crippen LogP contribution >= 0.6 is 0 Å². The third-order valence-electron chi connectivity index (χ3n) is 4.00. The minimum Gasteiger partial charge on any atom is -0.450 e. The highest BCUT2D eigenvalue weighted by Crippen LogP contribution is 2.08. The van der Waals surface area contributed by atoms with Gasteiger partial charge in [0.2, 0.25) is 0 Å².